The summed E-state index contributed by atoms with van der Waals surface area (Å²) in [4.78, 5) is 0. The van der Waals surface area contributed by atoms with E-state index in [-0.39, 0.29) is 6.10 Å². The van der Waals surface area contributed by atoms with E-state index in [1.54, 1.807) is 0 Å². The van der Waals surface area contributed by atoms with E-state index in [0.717, 1.165) is 23.7 Å². The van der Waals surface area contributed by atoms with Gasteiger partial charge in [0.2, 0.25) is 0 Å². The summed E-state index contributed by atoms with van der Waals surface area (Å²) in [7, 11) is 0. The molecular formula is C11H14ClNO. The van der Waals surface area contributed by atoms with Crippen LogP contribution in [0.1, 0.15) is 13.3 Å². The van der Waals surface area contributed by atoms with E-state index < -0.39 is 0 Å². The fourth-order valence-electron chi connectivity index (χ4n) is 1.71. The average Bonchev–Trinajstić information content (AvgIpc) is 2.52. The van der Waals surface area contributed by atoms with E-state index in [2.05, 4.69) is 12.2 Å². The highest BCUT2D eigenvalue weighted by molar-refractivity contribution is 6.30. The van der Waals surface area contributed by atoms with Crippen LogP contribution in [0.3, 0.4) is 0 Å². The lowest BCUT2D eigenvalue weighted by molar-refractivity contribution is 0.121. The number of hydrogen-bond acceptors (Lipinski definition) is 2. The second-order valence-corrected chi connectivity index (χ2v) is 4.06. The molecular weight excluding hydrogens is 198 g/mol. The summed E-state index contributed by atoms with van der Waals surface area (Å²) in [6.45, 7) is 2.94. The van der Waals surface area contributed by atoms with Gasteiger partial charge in [0.1, 0.15) is 0 Å². The third kappa shape index (κ3) is 2.20. The molecule has 1 aromatic rings. The largest absolute Gasteiger partial charge is 0.380 e. The van der Waals surface area contributed by atoms with E-state index in [4.69, 9.17) is 16.3 Å². The van der Waals surface area contributed by atoms with Crippen LogP contribution in [-0.2, 0) is 4.74 Å². The number of anilines is 1. The zero-order valence-electron chi connectivity index (χ0n) is 8.16. The van der Waals surface area contributed by atoms with Gasteiger partial charge in [-0.05, 0) is 31.5 Å². The van der Waals surface area contributed by atoms with Gasteiger partial charge in [-0.15, -0.1) is 0 Å². The number of halogens is 1. The van der Waals surface area contributed by atoms with Gasteiger partial charge < -0.3 is 10.1 Å². The number of benzene rings is 1. The van der Waals surface area contributed by atoms with Gasteiger partial charge in [0.25, 0.3) is 0 Å². The topological polar surface area (TPSA) is 21.3 Å². The molecule has 0 unspecified atom stereocenters. The summed E-state index contributed by atoms with van der Waals surface area (Å²) in [5, 5.41) is 4.19. The predicted octanol–water partition coefficient (Wildman–Crippen LogP) is 2.93. The Kier molecular flexibility index (Phi) is 2.94. The molecule has 1 heterocycles. The van der Waals surface area contributed by atoms with Crippen LogP contribution in [0.15, 0.2) is 24.3 Å². The maximum Gasteiger partial charge on any atom is 0.0748 e. The molecule has 1 N–H and O–H groups in total. The van der Waals surface area contributed by atoms with Crippen molar-refractivity contribution in [1.29, 1.82) is 0 Å². The van der Waals surface area contributed by atoms with Crippen LogP contribution in [0.4, 0.5) is 5.69 Å². The summed E-state index contributed by atoms with van der Waals surface area (Å²) in [5.41, 5.74) is 1.07. The first-order valence-corrected chi connectivity index (χ1v) is 5.27. The SMILES string of the molecule is C[C@@H]1OCC[C@@H]1Nc1cccc(Cl)c1. The quantitative estimate of drug-likeness (QED) is 0.812. The molecule has 76 valence electrons. The van der Waals surface area contributed by atoms with E-state index in [9.17, 15) is 0 Å². The maximum absolute atomic E-state index is 5.90. The number of ether oxygens (including phenoxy) is 1. The minimum atomic E-state index is 0.286. The van der Waals surface area contributed by atoms with Crippen molar-refractivity contribution in [3.63, 3.8) is 0 Å². The number of nitrogens with one attached hydrogen (secondary N) is 1. The fraction of sp³-hybridized carbons (Fsp3) is 0.455. The molecule has 1 fully saturated rings. The smallest absolute Gasteiger partial charge is 0.0748 e. The summed E-state index contributed by atoms with van der Waals surface area (Å²) in [5.74, 6) is 0. The molecule has 0 bridgehead atoms. The second-order valence-electron chi connectivity index (χ2n) is 3.63. The third-order valence-corrected chi connectivity index (χ3v) is 2.79. The maximum atomic E-state index is 5.90. The Balaban J connectivity index is 2.03. The minimum absolute atomic E-state index is 0.286. The van der Waals surface area contributed by atoms with Crippen LogP contribution in [0.2, 0.25) is 5.02 Å². The van der Waals surface area contributed by atoms with E-state index in [1.807, 2.05) is 24.3 Å². The first-order chi connectivity index (χ1) is 6.75. The van der Waals surface area contributed by atoms with Crippen LogP contribution in [0.25, 0.3) is 0 Å². The highest BCUT2D eigenvalue weighted by atomic mass is 35.5. The Hall–Kier alpha value is -0.730. The summed E-state index contributed by atoms with van der Waals surface area (Å²) in [6.07, 6.45) is 1.35. The zero-order valence-corrected chi connectivity index (χ0v) is 8.92. The molecule has 2 atom stereocenters. The van der Waals surface area contributed by atoms with Crippen molar-refractivity contribution in [3.8, 4) is 0 Å². The van der Waals surface area contributed by atoms with E-state index in [0.29, 0.717) is 6.04 Å². The van der Waals surface area contributed by atoms with Gasteiger partial charge in [-0.25, -0.2) is 0 Å². The van der Waals surface area contributed by atoms with Crippen molar-refractivity contribution < 1.29 is 4.74 Å². The van der Waals surface area contributed by atoms with Crippen molar-refractivity contribution in [1.82, 2.24) is 0 Å². The van der Waals surface area contributed by atoms with Crippen LogP contribution in [0, 0.1) is 0 Å². The summed E-state index contributed by atoms with van der Waals surface area (Å²) in [6, 6.07) is 8.20. The van der Waals surface area contributed by atoms with E-state index >= 15 is 0 Å². The lowest BCUT2D eigenvalue weighted by atomic mass is 10.1. The predicted molar refractivity (Wildman–Crippen MR) is 58.9 cm³/mol. The standard InChI is InChI=1S/C11H14ClNO/c1-8-11(5-6-14-8)13-10-4-2-3-9(12)7-10/h2-4,7-8,11,13H,5-6H2,1H3/t8-,11-/m0/s1. The molecule has 0 saturated carbocycles. The first-order valence-electron chi connectivity index (χ1n) is 4.89. The van der Waals surface area contributed by atoms with Crippen LogP contribution < -0.4 is 5.32 Å². The molecule has 14 heavy (non-hydrogen) atoms. The van der Waals surface area contributed by atoms with Crippen molar-refractivity contribution in [2.45, 2.75) is 25.5 Å². The molecule has 2 rings (SSSR count). The summed E-state index contributed by atoms with van der Waals surface area (Å²) < 4.78 is 5.47. The van der Waals surface area contributed by atoms with Crippen molar-refractivity contribution in [2.24, 2.45) is 0 Å². The molecule has 1 saturated heterocycles. The zero-order chi connectivity index (χ0) is 9.97. The highest BCUT2D eigenvalue weighted by Crippen LogP contribution is 2.21. The Labute approximate surface area is 89.2 Å². The molecule has 3 heteroatoms. The second kappa shape index (κ2) is 4.20. The number of rotatable bonds is 2. The number of hydrogen-bond donors (Lipinski definition) is 1. The Bertz CT molecular complexity index is 316. The Morgan fingerprint density at radius 1 is 1.50 bits per heavy atom. The van der Waals surface area contributed by atoms with Gasteiger partial charge in [0, 0.05) is 17.3 Å². The van der Waals surface area contributed by atoms with Gasteiger partial charge in [-0.2, -0.15) is 0 Å². The fourth-order valence-corrected chi connectivity index (χ4v) is 1.90. The van der Waals surface area contributed by atoms with Crippen molar-refractivity contribution in [2.75, 3.05) is 11.9 Å². The first kappa shape index (κ1) is 9.81. The highest BCUT2D eigenvalue weighted by Gasteiger charge is 2.23. The molecule has 0 amide bonds. The molecule has 0 aromatic heterocycles. The third-order valence-electron chi connectivity index (χ3n) is 2.55. The van der Waals surface area contributed by atoms with Gasteiger partial charge in [0.05, 0.1) is 12.1 Å². The van der Waals surface area contributed by atoms with Gasteiger partial charge >= 0.3 is 0 Å². The summed E-state index contributed by atoms with van der Waals surface area (Å²) >= 11 is 5.90. The molecule has 0 radical (unpaired) electrons. The average molecular weight is 212 g/mol. The monoisotopic (exact) mass is 211 g/mol. The minimum Gasteiger partial charge on any atom is -0.380 e. The molecule has 1 aliphatic rings. The van der Waals surface area contributed by atoms with Crippen molar-refractivity contribution in [3.05, 3.63) is 29.3 Å². The van der Waals surface area contributed by atoms with Crippen LogP contribution >= 0.6 is 11.6 Å². The molecule has 2 nitrogen and oxygen atoms in total. The van der Waals surface area contributed by atoms with Gasteiger partial charge in [-0.3, -0.25) is 0 Å². The van der Waals surface area contributed by atoms with Gasteiger partial charge in [-0.1, -0.05) is 17.7 Å². The molecule has 0 aliphatic carbocycles. The van der Waals surface area contributed by atoms with Gasteiger partial charge in [0.15, 0.2) is 0 Å². The lowest BCUT2D eigenvalue weighted by Crippen LogP contribution is -2.26. The van der Waals surface area contributed by atoms with E-state index in [1.165, 1.54) is 0 Å². The normalized spacial score (nSPS) is 26.4. The molecule has 0 spiro atoms. The van der Waals surface area contributed by atoms with Crippen molar-refractivity contribution >= 4 is 17.3 Å². The molecule has 1 aliphatic heterocycles. The Morgan fingerprint density at radius 2 is 2.36 bits per heavy atom. The van der Waals surface area contributed by atoms with Crippen LogP contribution in [-0.4, -0.2) is 18.8 Å². The lowest BCUT2D eigenvalue weighted by Gasteiger charge is -2.17. The molecule has 1 aromatic carbocycles. The Morgan fingerprint density at radius 3 is 3.00 bits per heavy atom. The van der Waals surface area contributed by atoms with Crippen LogP contribution in [0.5, 0.6) is 0 Å².